The molecular formula is C11H18N2O4S. The third-order valence-electron chi connectivity index (χ3n) is 2.39. The maximum Gasteiger partial charge on any atom is 0.232 e. The van der Waals surface area contributed by atoms with Crippen LogP contribution in [0.1, 0.15) is 0 Å². The highest BCUT2D eigenvalue weighted by molar-refractivity contribution is 7.92. The second-order valence-corrected chi connectivity index (χ2v) is 5.57. The smallest absolute Gasteiger partial charge is 0.232 e. The standard InChI is InChI=1S/C11H18N2O4S/c1-16-9-4-5-10(11(8-9)17-2)13(7-6-12)18(3,14)15/h4-5,8H,6-7,12H2,1-3H3. The van der Waals surface area contributed by atoms with E-state index in [1.165, 1.54) is 18.5 Å². The molecule has 18 heavy (non-hydrogen) atoms. The van der Waals surface area contributed by atoms with Crippen LogP contribution < -0.4 is 19.5 Å². The predicted octanol–water partition coefficient (Wildman–Crippen LogP) is 0.428. The van der Waals surface area contributed by atoms with E-state index >= 15 is 0 Å². The molecule has 0 amide bonds. The Hall–Kier alpha value is -1.47. The zero-order valence-electron chi connectivity index (χ0n) is 10.7. The van der Waals surface area contributed by atoms with Crippen molar-refractivity contribution in [2.45, 2.75) is 0 Å². The molecule has 1 rings (SSSR count). The molecule has 102 valence electrons. The van der Waals surface area contributed by atoms with Gasteiger partial charge in [0.05, 0.1) is 26.2 Å². The minimum absolute atomic E-state index is 0.196. The van der Waals surface area contributed by atoms with Gasteiger partial charge in [-0.3, -0.25) is 4.31 Å². The number of anilines is 1. The predicted molar refractivity (Wildman–Crippen MR) is 70.8 cm³/mol. The summed E-state index contributed by atoms with van der Waals surface area (Å²) in [6.07, 6.45) is 1.13. The Bertz CT molecular complexity index is 502. The molecule has 7 heteroatoms. The molecule has 0 fully saturated rings. The van der Waals surface area contributed by atoms with Crippen LogP contribution in [0.3, 0.4) is 0 Å². The van der Waals surface area contributed by atoms with E-state index in [1.54, 1.807) is 18.2 Å². The molecule has 0 saturated carbocycles. The molecule has 0 aliphatic carbocycles. The minimum Gasteiger partial charge on any atom is -0.497 e. The highest BCUT2D eigenvalue weighted by Crippen LogP contribution is 2.33. The molecule has 0 heterocycles. The van der Waals surface area contributed by atoms with E-state index in [0.717, 1.165) is 6.26 Å². The first-order valence-electron chi connectivity index (χ1n) is 5.34. The lowest BCUT2D eigenvalue weighted by atomic mass is 10.2. The van der Waals surface area contributed by atoms with Gasteiger partial charge in [0.2, 0.25) is 10.0 Å². The number of hydrogen-bond acceptors (Lipinski definition) is 5. The molecule has 0 atom stereocenters. The summed E-state index contributed by atoms with van der Waals surface area (Å²) in [7, 11) is -0.396. The summed E-state index contributed by atoms with van der Waals surface area (Å²) in [4.78, 5) is 0. The number of ether oxygens (including phenoxy) is 2. The monoisotopic (exact) mass is 274 g/mol. The van der Waals surface area contributed by atoms with E-state index in [2.05, 4.69) is 0 Å². The van der Waals surface area contributed by atoms with Crippen molar-refractivity contribution < 1.29 is 17.9 Å². The zero-order chi connectivity index (χ0) is 13.8. The molecule has 0 bridgehead atoms. The molecule has 1 aromatic carbocycles. The maximum atomic E-state index is 11.7. The molecule has 0 aromatic heterocycles. The SMILES string of the molecule is COc1ccc(N(CCN)S(C)(=O)=O)c(OC)c1. The summed E-state index contributed by atoms with van der Waals surface area (Å²) in [6, 6.07) is 4.94. The van der Waals surface area contributed by atoms with Crippen LogP contribution in [0, 0.1) is 0 Å². The van der Waals surface area contributed by atoms with Crippen molar-refractivity contribution in [3.05, 3.63) is 18.2 Å². The van der Waals surface area contributed by atoms with Crippen LogP contribution in [0.5, 0.6) is 11.5 Å². The second kappa shape index (κ2) is 5.92. The summed E-state index contributed by atoms with van der Waals surface area (Å²) >= 11 is 0. The van der Waals surface area contributed by atoms with Crippen molar-refractivity contribution in [3.63, 3.8) is 0 Å². The largest absolute Gasteiger partial charge is 0.497 e. The Kier molecular flexibility index (Phi) is 4.80. The molecule has 0 saturated heterocycles. The summed E-state index contributed by atoms with van der Waals surface area (Å²) < 4.78 is 34.9. The molecule has 2 N–H and O–H groups in total. The van der Waals surface area contributed by atoms with E-state index in [-0.39, 0.29) is 13.1 Å². The second-order valence-electron chi connectivity index (χ2n) is 3.66. The first-order chi connectivity index (χ1) is 8.43. The fourth-order valence-electron chi connectivity index (χ4n) is 1.57. The van der Waals surface area contributed by atoms with Gasteiger partial charge in [0, 0.05) is 19.2 Å². The fraction of sp³-hybridized carbons (Fsp3) is 0.455. The van der Waals surface area contributed by atoms with Gasteiger partial charge in [-0.15, -0.1) is 0 Å². The summed E-state index contributed by atoms with van der Waals surface area (Å²) in [5, 5.41) is 0. The van der Waals surface area contributed by atoms with E-state index in [0.29, 0.717) is 17.2 Å². The number of rotatable bonds is 6. The van der Waals surface area contributed by atoms with Crippen LogP contribution >= 0.6 is 0 Å². The Labute approximate surface area is 107 Å². The highest BCUT2D eigenvalue weighted by atomic mass is 32.2. The molecule has 0 aliphatic rings. The summed E-state index contributed by atoms with van der Waals surface area (Å²) in [5.41, 5.74) is 5.89. The number of sulfonamides is 1. The van der Waals surface area contributed by atoms with Gasteiger partial charge in [0.1, 0.15) is 11.5 Å². The van der Waals surface area contributed by atoms with Crippen LogP contribution in [0.2, 0.25) is 0 Å². The Balaban J connectivity index is 3.28. The van der Waals surface area contributed by atoms with Crippen molar-refractivity contribution in [1.29, 1.82) is 0 Å². The van der Waals surface area contributed by atoms with Crippen molar-refractivity contribution >= 4 is 15.7 Å². The van der Waals surface area contributed by atoms with Crippen molar-refractivity contribution in [3.8, 4) is 11.5 Å². The average Bonchev–Trinajstić information content (AvgIpc) is 2.34. The number of nitrogens with zero attached hydrogens (tertiary/aromatic N) is 1. The van der Waals surface area contributed by atoms with Crippen molar-refractivity contribution in [1.82, 2.24) is 0 Å². The lowest BCUT2D eigenvalue weighted by molar-refractivity contribution is 0.395. The average molecular weight is 274 g/mol. The molecule has 0 radical (unpaired) electrons. The first kappa shape index (κ1) is 14.6. The lowest BCUT2D eigenvalue weighted by Crippen LogP contribution is -2.34. The molecular weight excluding hydrogens is 256 g/mol. The Morgan fingerprint density at radius 3 is 2.39 bits per heavy atom. The van der Waals surface area contributed by atoms with Crippen LogP contribution in [-0.2, 0) is 10.0 Å². The first-order valence-corrected chi connectivity index (χ1v) is 7.18. The normalized spacial score (nSPS) is 11.1. The Morgan fingerprint density at radius 1 is 1.28 bits per heavy atom. The van der Waals surface area contributed by atoms with Crippen LogP contribution in [0.15, 0.2) is 18.2 Å². The van der Waals surface area contributed by atoms with Gasteiger partial charge < -0.3 is 15.2 Å². The van der Waals surface area contributed by atoms with Crippen molar-refractivity contribution in [2.24, 2.45) is 5.73 Å². The Morgan fingerprint density at radius 2 is 1.94 bits per heavy atom. The van der Waals surface area contributed by atoms with Gasteiger partial charge in [0.25, 0.3) is 0 Å². The topological polar surface area (TPSA) is 81.9 Å². The van der Waals surface area contributed by atoms with Gasteiger partial charge >= 0.3 is 0 Å². The van der Waals surface area contributed by atoms with E-state index in [9.17, 15) is 8.42 Å². The molecule has 0 unspecified atom stereocenters. The van der Waals surface area contributed by atoms with Crippen molar-refractivity contribution in [2.75, 3.05) is 37.9 Å². The van der Waals surface area contributed by atoms with Gasteiger partial charge in [0.15, 0.2) is 0 Å². The van der Waals surface area contributed by atoms with E-state index < -0.39 is 10.0 Å². The summed E-state index contributed by atoms with van der Waals surface area (Å²) in [5.74, 6) is 1.02. The zero-order valence-corrected chi connectivity index (χ0v) is 11.5. The maximum absolute atomic E-state index is 11.7. The summed E-state index contributed by atoms with van der Waals surface area (Å²) in [6.45, 7) is 0.420. The number of benzene rings is 1. The van der Waals surface area contributed by atoms with Gasteiger partial charge in [-0.1, -0.05) is 0 Å². The third-order valence-corrected chi connectivity index (χ3v) is 3.57. The molecule has 0 spiro atoms. The van der Waals surface area contributed by atoms with E-state index in [1.807, 2.05) is 0 Å². The molecule has 1 aromatic rings. The molecule has 0 aliphatic heterocycles. The quantitative estimate of drug-likeness (QED) is 0.813. The van der Waals surface area contributed by atoms with Gasteiger partial charge in [-0.2, -0.15) is 0 Å². The fourth-order valence-corrected chi connectivity index (χ4v) is 2.52. The number of nitrogens with two attached hydrogens (primary N) is 1. The van der Waals surface area contributed by atoms with Gasteiger partial charge in [-0.05, 0) is 12.1 Å². The molecule has 6 nitrogen and oxygen atoms in total. The third kappa shape index (κ3) is 3.27. The van der Waals surface area contributed by atoms with Crippen LogP contribution in [0.4, 0.5) is 5.69 Å². The lowest BCUT2D eigenvalue weighted by Gasteiger charge is -2.23. The number of methoxy groups -OCH3 is 2. The minimum atomic E-state index is -3.40. The van der Waals surface area contributed by atoms with Crippen LogP contribution in [-0.4, -0.2) is 42.0 Å². The number of hydrogen-bond donors (Lipinski definition) is 1. The van der Waals surface area contributed by atoms with Crippen LogP contribution in [0.25, 0.3) is 0 Å². The highest BCUT2D eigenvalue weighted by Gasteiger charge is 2.20. The van der Waals surface area contributed by atoms with E-state index in [4.69, 9.17) is 15.2 Å². The van der Waals surface area contributed by atoms with Gasteiger partial charge in [-0.25, -0.2) is 8.42 Å².